The molecule has 0 bridgehead atoms. The van der Waals surface area contributed by atoms with Gasteiger partial charge in [-0.1, -0.05) is 0 Å². The summed E-state index contributed by atoms with van der Waals surface area (Å²) in [7, 11) is 0. The van der Waals surface area contributed by atoms with Crippen LogP contribution < -0.4 is 4.74 Å². The van der Waals surface area contributed by atoms with Gasteiger partial charge >= 0.3 is 5.97 Å². The van der Waals surface area contributed by atoms with Gasteiger partial charge in [0, 0.05) is 8.95 Å². The highest BCUT2D eigenvalue weighted by Crippen LogP contribution is 2.16. The molecule has 0 unspecified atom stereocenters. The molecule has 0 aliphatic heterocycles. The van der Waals surface area contributed by atoms with Crippen LogP contribution in [0.15, 0.2) is 29.6 Å². The van der Waals surface area contributed by atoms with Crippen LogP contribution in [-0.4, -0.2) is 16.1 Å². The van der Waals surface area contributed by atoms with Crippen LogP contribution >= 0.6 is 33.9 Å². The largest absolute Gasteiger partial charge is 0.487 e. The van der Waals surface area contributed by atoms with Crippen molar-refractivity contribution in [3.8, 4) is 5.75 Å². The molecule has 1 aromatic carbocycles. The Labute approximate surface area is 115 Å². The lowest BCUT2D eigenvalue weighted by atomic mass is 10.3. The van der Waals surface area contributed by atoms with Crippen LogP contribution in [0.3, 0.4) is 0 Å². The Hall–Kier alpha value is -1.15. The smallest absolute Gasteiger partial charge is 0.365 e. The lowest BCUT2D eigenvalue weighted by Crippen LogP contribution is -1.99. The molecule has 0 aliphatic carbocycles. The van der Waals surface area contributed by atoms with Crippen LogP contribution in [-0.2, 0) is 6.61 Å². The number of aromatic nitrogens is 1. The maximum Gasteiger partial charge on any atom is 0.365 e. The van der Waals surface area contributed by atoms with Gasteiger partial charge in [0.2, 0.25) is 5.01 Å². The summed E-state index contributed by atoms with van der Waals surface area (Å²) in [6, 6.07) is 7.62. The molecule has 0 saturated heterocycles. The average molecular weight is 361 g/mol. The highest BCUT2D eigenvalue weighted by molar-refractivity contribution is 14.1. The quantitative estimate of drug-likeness (QED) is 0.851. The molecule has 88 valence electrons. The van der Waals surface area contributed by atoms with E-state index in [1.54, 1.807) is 5.38 Å². The first-order valence-electron chi connectivity index (χ1n) is 4.71. The summed E-state index contributed by atoms with van der Waals surface area (Å²) in [4.78, 5) is 14.6. The molecule has 0 fully saturated rings. The Morgan fingerprint density at radius 2 is 2.12 bits per heavy atom. The number of benzene rings is 1. The molecule has 0 spiro atoms. The molecule has 0 saturated carbocycles. The van der Waals surface area contributed by atoms with E-state index >= 15 is 0 Å². The highest BCUT2D eigenvalue weighted by Gasteiger charge is 2.08. The van der Waals surface area contributed by atoms with Crippen LogP contribution in [0.1, 0.15) is 15.5 Å². The fourth-order valence-corrected chi connectivity index (χ4v) is 2.16. The van der Waals surface area contributed by atoms with Crippen molar-refractivity contribution in [2.24, 2.45) is 0 Å². The van der Waals surface area contributed by atoms with Crippen molar-refractivity contribution >= 4 is 39.9 Å². The minimum absolute atomic E-state index is 0.0891. The molecule has 1 aromatic heterocycles. The lowest BCUT2D eigenvalue weighted by molar-refractivity contribution is 0.0696. The van der Waals surface area contributed by atoms with E-state index in [0.717, 1.165) is 20.7 Å². The zero-order valence-electron chi connectivity index (χ0n) is 8.59. The van der Waals surface area contributed by atoms with Crippen LogP contribution in [0.2, 0.25) is 0 Å². The zero-order valence-corrected chi connectivity index (χ0v) is 11.6. The Bertz CT molecular complexity index is 524. The van der Waals surface area contributed by atoms with Crippen LogP contribution in [0.5, 0.6) is 5.75 Å². The second-order valence-electron chi connectivity index (χ2n) is 3.19. The van der Waals surface area contributed by atoms with E-state index in [2.05, 4.69) is 27.6 Å². The second kappa shape index (κ2) is 5.46. The third kappa shape index (κ3) is 3.40. The normalized spacial score (nSPS) is 10.2. The van der Waals surface area contributed by atoms with Gasteiger partial charge in [-0.3, -0.25) is 0 Å². The maximum atomic E-state index is 10.6. The predicted molar refractivity (Wildman–Crippen MR) is 72.6 cm³/mol. The fourth-order valence-electron chi connectivity index (χ4n) is 1.16. The van der Waals surface area contributed by atoms with E-state index in [-0.39, 0.29) is 11.6 Å². The number of nitrogens with zero attached hydrogens (tertiary/aromatic N) is 1. The summed E-state index contributed by atoms with van der Waals surface area (Å²) >= 11 is 3.32. The average Bonchev–Trinajstić information content (AvgIpc) is 2.77. The summed E-state index contributed by atoms with van der Waals surface area (Å²) in [5.74, 6) is -0.259. The molecule has 17 heavy (non-hydrogen) atoms. The predicted octanol–water partition coefficient (Wildman–Crippen LogP) is 3.02. The Morgan fingerprint density at radius 1 is 1.41 bits per heavy atom. The zero-order chi connectivity index (χ0) is 12.3. The van der Waals surface area contributed by atoms with Crippen LogP contribution in [0.25, 0.3) is 0 Å². The van der Waals surface area contributed by atoms with Gasteiger partial charge < -0.3 is 9.84 Å². The number of carboxylic acid groups (broad SMARTS) is 1. The lowest BCUT2D eigenvalue weighted by Gasteiger charge is -2.03. The van der Waals surface area contributed by atoms with Gasteiger partial charge in [-0.15, -0.1) is 11.3 Å². The number of hydrogen-bond acceptors (Lipinski definition) is 4. The highest BCUT2D eigenvalue weighted by atomic mass is 127. The van der Waals surface area contributed by atoms with Crippen molar-refractivity contribution < 1.29 is 14.6 Å². The van der Waals surface area contributed by atoms with E-state index in [1.807, 2.05) is 24.3 Å². The third-order valence-electron chi connectivity index (χ3n) is 1.94. The number of carbonyl (C=O) groups is 1. The van der Waals surface area contributed by atoms with Crippen LogP contribution in [0, 0.1) is 3.57 Å². The van der Waals surface area contributed by atoms with Crippen molar-refractivity contribution in [2.75, 3.05) is 0 Å². The van der Waals surface area contributed by atoms with E-state index in [4.69, 9.17) is 9.84 Å². The first-order valence-corrected chi connectivity index (χ1v) is 6.67. The van der Waals surface area contributed by atoms with Crippen molar-refractivity contribution in [3.63, 3.8) is 0 Å². The number of hydrogen-bond donors (Lipinski definition) is 1. The number of thiazole rings is 1. The summed E-state index contributed by atoms with van der Waals surface area (Å²) < 4.78 is 6.62. The molecule has 0 amide bonds. The van der Waals surface area contributed by atoms with Crippen molar-refractivity contribution in [3.05, 3.63) is 43.9 Å². The van der Waals surface area contributed by atoms with Gasteiger partial charge in [0.05, 0.1) is 5.69 Å². The van der Waals surface area contributed by atoms with Gasteiger partial charge in [0.15, 0.2) is 0 Å². The van der Waals surface area contributed by atoms with Gasteiger partial charge in [-0.05, 0) is 46.9 Å². The molecule has 0 aliphatic rings. The van der Waals surface area contributed by atoms with E-state index in [9.17, 15) is 4.79 Å². The minimum Gasteiger partial charge on any atom is -0.487 e. The number of ether oxygens (including phenoxy) is 1. The van der Waals surface area contributed by atoms with Gasteiger partial charge in [-0.25, -0.2) is 9.78 Å². The van der Waals surface area contributed by atoms with E-state index in [1.165, 1.54) is 0 Å². The number of halogens is 1. The molecule has 2 aromatic rings. The van der Waals surface area contributed by atoms with E-state index in [0.29, 0.717) is 5.69 Å². The SMILES string of the molecule is O=C(O)c1nc(COc2ccc(I)cc2)cs1. The second-order valence-corrected chi connectivity index (χ2v) is 5.30. The van der Waals surface area contributed by atoms with Gasteiger partial charge in [0.25, 0.3) is 0 Å². The first-order chi connectivity index (χ1) is 8.15. The standard InChI is InChI=1S/C11H8INO3S/c12-7-1-3-9(4-2-7)16-5-8-6-17-10(13-8)11(14)15/h1-4,6H,5H2,(H,14,15). The summed E-state index contributed by atoms with van der Waals surface area (Å²) in [5.41, 5.74) is 0.631. The molecule has 6 heteroatoms. The molecule has 4 nitrogen and oxygen atoms in total. The maximum absolute atomic E-state index is 10.6. The Balaban J connectivity index is 1.97. The molecule has 1 N–H and O–H groups in total. The number of carboxylic acids is 1. The topological polar surface area (TPSA) is 59.4 Å². The van der Waals surface area contributed by atoms with Crippen LogP contribution in [0.4, 0.5) is 0 Å². The first kappa shape index (κ1) is 12.3. The molecule has 2 rings (SSSR count). The minimum atomic E-state index is -1.00. The van der Waals surface area contributed by atoms with Crippen molar-refractivity contribution in [1.82, 2.24) is 4.98 Å². The Morgan fingerprint density at radius 3 is 2.71 bits per heavy atom. The monoisotopic (exact) mass is 361 g/mol. The molecular formula is C11H8INO3S. The summed E-state index contributed by atoms with van der Waals surface area (Å²) in [6.07, 6.45) is 0. The third-order valence-corrected chi connectivity index (χ3v) is 3.53. The molecule has 1 heterocycles. The van der Waals surface area contributed by atoms with Gasteiger partial charge in [0.1, 0.15) is 12.4 Å². The summed E-state index contributed by atoms with van der Waals surface area (Å²) in [5, 5.41) is 10.5. The molecular weight excluding hydrogens is 353 g/mol. The number of rotatable bonds is 4. The molecule has 0 radical (unpaired) electrons. The Kier molecular flexibility index (Phi) is 3.95. The number of aromatic carboxylic acids is 1. The van der Waals surface area contributed by atoms with E-state index < -0.39 is 5.97 Å². The molecule has 0 atom stereocenters. The summed E-state index contributed by atoms with van der Waals surface area (Å²) in [6.45, 7) is 0.282. The van der Waals surface area contributed by atoms with Crippen molar-refractivity contribution in [1.29, 1.82) is 0 Å². The van der Waals surface area contributed by atoms with Gasteiger partial charge in [-0.2, -0.15) is 0 Å². The van der Waals surface area contributed by atoms with Crippen molar-refractivity contribution in [2.45, 2.75) is 6.61 Å². The fraction of sp³-hybridized carbons (Fsp3) is 0.0909.